The number of rotatable bonds is 7. The van der Waals surface area contributed by atoms with E-state index in [0.29, 0.717) is 6.42 Å². The number of amides is 1. The van der Waals surface area contributed by atoms with E-state index in [-0.39, 0.29) is 37.2 Å². The summed E-state index contributed by atoms with van der Waals surface area (Å²) in [6.45, 7) is 7.25. The van der Waals surface area contributed by atoms with Crippen molar-refractivity contribution < 1.29 is 19.1 Å². The monoisotopic (exact) mass is 243 g/mol. The number of carbonyl (C=O) groups is 3. The largest absolute Gasteiger partial charge is 0.463 e. The third-order valence-corrected chi connectivity index (χ3v) is 2.50. The smallest absolute Gasteiger partial charge is 0.311 e. The normalized spacial score (nSPS) is 10.8. The molecule has 0 aromatic carbocycles. The lowest BCUT2D eigenvalue weighted by molar-refractivity contribution is -0.154. The van der Waals surface area contributed by atoms with Gasteiger partial charge in [-0.05, 0) is 27.2 Å². The highest BCUT2D eigenvalue weighted by molar-refractivity contribution is 5.96. The number of Topliss-reactive ketones (excluding diaryl/α,β-unsaturated/α-hetero) is 1. The van der Waals surface area contributed by atoms with Crippen LogP contribution >= 0.6 is 0 Å². The minimum atomic E-state index is -0.497. The molecule has 0 spiro atoms. The van der Waals surface area contributed by atoms with Gasteiger partial charge in [-0.1, -0.05) is 6.92 Å². The van der Waals surface area contributed by atoms with Gasteiger partial charge >= 0.3 is 5.97 Å². The summed E-state index contributed by atoms with van der Waals surface area (Å²) in [5.74, 6) is -0.810. The van der Waals surface area contributed by atoms with Crippen LogP contribution in [0.15, 0.2) is 0 Å². The van der Waals surface area contributed by atoms with Crippen LogP contribution in [0.5, 0.6) is 0 Å². The Bertz CT molecular complexity index is 297. The van der Waals surface area contributed by atoms with Crippen molar-refractivity contribution in [2.24, 2.45) is 5.41 Å². The van der Waals surface area contributed by atoms with Gasteiger partial charge in [-0.2, -0.15) is 0 Å². The molecule has 0 aliphatic heterocycles. The maximum absolute atomic E-state index is 11.5. The third kappa shape index (κ3) is 6.71. The van der Waals surface area contributed by atoms with Crippen molar-refractivity contribution in [3.8, 4) is 0 Å². The van der Waals surface area contributed by atoms with Gasteiger partial charge < -0.3 is 10.1 Å². The van der Waals surface area contributed by atoms with Crippen molar-refractivity contribution in [2.75, 3.05) is 13.2 Å². The lowest BCUT2D eigenvalue weighted by Crippen LogP contribution is -2.32. The molecule has 0 aliphatic carbocycles. The first-order valence-electron chi connectivity index (χ1n) is 5.73. The molecule has 1 amide bonds. The summed E-state index contributed by atoms with van der Waals surface area (Å²) < 4.78 is 5.01. The molecule has 98 valence electrons. The summed E-state index contributed by atoms with van der Waals surface area (Å²) in [5, 5.41) is 2.50. The second-order valence-electron chi connectivity index (χ2n) is 4.60. The second kappa shape index (κ2) is 7.04. The molecule has 0 unspecified atom stereocenters. The summed E-state index contributed by atoms with van der Waals surface area (Å²) in [7, 11) is 0. The molecular weight excluding hydrogens is 222 g/mol. The minimum absolute atomic E-state index is 0.131. The molecule has 0 fully saturated rings. The molecule has 0 bridgehead atoms. The second-order valence-corrected chi connectivity index (χ2v) is 4.60. The van der Waals surface area contributed by atoms with E-state index in [2.05, 4.69) is 5.32 Å². The SMILES string of the molecule is CCC(C)(C)C(=O)OCCNC(=O)CC(C)=O. The van der Waals surface area contributed by atoms with Crippen LogP contribution in [0.1, 0.15) is 40.5 Å². The van der Waals surface area contributed by atoms with E-state index in [9.17, 15) is 14.4 Å². The molecule has 0 saturated carbocycles. The van der Waals surface area contributed by atoms with E-state index >= 15 is 0 Å². The first-order valence-corrected chi connectivity index (χ1v) is 5.73. The maximum atomic E-state index is 11.5. The number of carbonyl (C=O) groups excluding carboxylic acids is 3. The maximum Gasteiger partial charge on any atom is 0.311 e. The molecule has 0 aromatic rings. The predicted molar refractivity (Wildman–Crippen MR) is 63.3 cm³/mol. The molecule has 1 N–H and O–H groups in total. The van der Waals surface area contributed by atoms with Gasteiger partial charge in [0.2, 0.25) is 5.91 Å². The molecule has 0 heterocycles. The predicted octanol–water partition coefficient (Wildman–Crippen LogP) is 1.06. The zero-order valence-corrected chi connectivity index (χ0v) is 11.0. The standard InChI is InChI=1S/C12H21NO4/c1-5-12(3,4)11(16)17-7-6-13-10(15)8-9(2)14/h5-8H2,1-4H3,(H,13,15). The summed E-state index contributed by atoms with van der Waals surface area (Å²) in [6.07, 6.45) is 0.566. The van der Waals surface area contributed by atoms with Crippen LogP contribution in [0.3, 0.4) is 0 Å². The van der Waals surface area contributed by atoms with E-state index in [1.165, 1.54) is 6.92 Å². The van der Waals surface area contributed by atoms with Gasteiger partial charge in [0.15, 0.2) is 0 Å². The zero-order valence-electron chi connectivity index (χ0n) is 11.0. The first kappa shape index (κ1) is 15.6. The number of hydrogen-bond acceptors (Lipinski definition) is 4. The van der Waals surface area contributed by atoms with Gasteiger partial charge in [0.1, 0.15) is 12.4 Å². The van der Waals surface area contributed by atoms with E-state index in [0.717, 1.165) is 0 Å². The van der Waals surface area contributed by atoms with Crippen LogP contribution in [-0.2, 0) is 19.1 Å². The van der Waals surface area contributed by atoms with Crippen LogP contribution in [0.25, 0.3) is 0 Å². The molecule has 17 heavy (non-hydrogen) atoms. The Balaban J connectivity index is 3.75. The van der Waals surface area contributed by atoms with Gasteiger partial charge in [0.25, 0.3) is 0 Å². The van der Waals surface area contributed by atoms with Crippen LogP contribution < -0.4 is 5.32 Å². The lowest BCUT2D eigenvalue weighted by Gasteiger charge is -2.20. The number of esters is 1. The van der Waals surface area contributed by atoms with E-state index in [1.54, 1.807) is 0 Å². The van der Waals surface area contributed by atoms with Crippen molar-refractivity contribution >= 4 is 17.7 Å². The molecule has 0 saturated heterocycles. The van der Waals surface area contributed by atoms with Gasteiger partial charge in [-0.15, -0.1) is 0 Å². The number of hydrogen-bond donors (Lipinski definition) is 1. The Morgan fingerprint density at radius 3 is 2.29 bits per heavy atom. The summed E-state index contributed by atoms with van der Waals surface area (Å²) in [6, 6.07) is 0. The summed E-state index contributed by atoms with van der Waals surface area (Å²) in [4.78, 5) is 33.2. The Hall–Kier alpha value is -1.39. The molecule has 5 nitrogen and oxygen atoms in total. The van der Waals surface area contributed by atoms with Crippen molar-refractivity contribution in [1.29, 1.82) is 0 Å². The van der Waals surface area contributed by atoms with E-state index in [1.807, 2.05) is 20.8 Å². The molecule has 0 radical (unpaired) electrons. The van der Waals surface area contributed by atoms with Crippen LogP contribution in [0, 0.1) is 5.41 Å². The Morgan fingerprint density at radius 1 is 1.24 bits per heavy atom. The Labute approximate surface area is 102 Å². The fourth-order valence-corrected chi connectivity index (χ4v) is 0.962. The van der Waals surface area contributed by atoms with E-state index < -0.39 is 5.41 Å². The highest BCUT2D eigenvalue weighted by Crippen LogP contribution is 2.21. The molecule has 5 heteroatoms. The third-order valence-electron chi connectivity index (χ3n) is 2.50. The Kier molecular flexibility index (Phi) is 6.46. The van der Waals surface area contributed by atoms with Crippen LogP contribution in [0.2, 0.25) is 0 Å². The summed E-state index contributed by atoms with van der Waals surface area (Å²) in [5.41, 5.74) is -0.497. The lowest BCUT2D eigenvalue weighted by atomic mass is 9.91. The van der Waals surface area contributed by atoms with Gasteiger partial charge in [-0.25, -0.2) is 0 Å². The molecular formula is C12H21NO4. The van der Waals surface area contributed by atoms with Crippen molar-refractivity contribution in [2.45, 2.75) is 40.5 Å². The van der Waals surface area contributed by atoms with Gasteiger partial charge in [0.05, 0.1) is 18.4 Å². The highest BCUT2D eigenvalue weighted by Gasteiger charge is 2.26. The van der Waals surface area contributed by atoms with Crippen molar-refractivity contribution in [1.82, 2.24) is 5.32 Å². The number of ketones is 1. The fraction of sp³-hybridized carbons (Fsp3) is 0.750. The van der Waals surface area contributed by atoms with Crippen LogP contribution in [0.4, 0.5) is 0 Å². The number of nitrogens with one attached hydrogen (secondary N) is 1. The Morgan fingerprint density at radius 2 is 1.82 bits per heavy atom. The zero-order chi connectivity index (χ0) is 13.5. The number of ether oxygens (including phenoxy) is 1. The topological polar surface area (TPSA) is 72.5 Å². The van der Waals surface area contributed by atoms with Crippen LogP contribution in [-0.4, -0.2) is 30.8 Å². The van der Waals surface area contributed by atoms with Crippen molar-refractivity contribution in [3.05, 3.63) is 0 Å². The average Bonchev–Trinajstić information content (AvgIpc) is 2.23. The van der Waals surface area contributed by atoms with Crippen molar-refractivity contribution in [3.63, 3.8) is 0 Å². The molecule has 0 aromatic heterocycles. The minimum Gasteiger partial charge on any atom is -0.463 e. The molecule has 0 atom stereocenters. The first-order chi connectivity index (χ1) is 7.79. The van der Waals surface area contributed by atoms with Gasteiger partial charge in [-0.3, -0.25) is 14.4 Å². The summed E-state index contributed by atoms with van der Waals surface area (Å²) >= 11 is 0. The molecule has 0 rings (SSSR count). The van der Waals surface area contributed by atoms with E-state index in [4.69, 9.17) is 4.74 Å². The highest BCUT2D eigenvalue weighted by atomic mass is 16.5. The average molecular weight is 243 g/mol. The fourth-order valence-electron chi connectivity index (χ4n) is 0.962. The quantitative estimate of drug-likeness (QED) is 0.412. The van der Waals surface area contributed by atoms with Gasteiger partial charge in [0, 0.05) is 0 Å². The molecule has 0 aliphatic rings.